The number of ether oxygens (including phenoxy) is 1. The molecule has 0 spiro atoms. The van der Waals surface area contributed by atoms with Crippen LogP contribution < -0.4 is 15.4 Å². The molecule has 1 unspecified atom stereocenters. The number of carbonyl (C=O) groups is 3. The van der Waals surface area contributed by atoms with E-state index in [1.165, 1.54) is 0 Å². The van der Waals surface area contributed by atoms with Gasteiger partial charge in [0.15, 0.2) is 0 Å². The fraction of sp³-hybridized carbons (Fsp3) is 0.423. The highest BCUT2D eigenvalue weighted by Crippen LogP contribution is 2.16. The SMILES string of the molecule is COc1cccc(CC(=O)N2CCCC(C(=O)NCc3ccccc3)CCNC(=O)CC2)c1. The monoisotopic (exact) mass is 451 g/mol. The smallest absolute Gasteiger partial charge is 0.227 e. The Kier molecular flexibility index (Phi) is 9.30. The lowest BCUT2D eigenvalue weighted by atomic mass is 9.97. The van der Waals surface area contributed by atoms with Crippen molar-refractivity contribution in [1.29, 1.82) is 0 Å². The summed E-state index contributed by atoms with van der Waals surface area (Å²) in [5, 5.41) is 5.90. The van der Waals surface area contributed by atoms with Gasteiger partial charge in [0.1, 0.15) is 5.75 Å². The summed E-state index contributed by atoms with van der Waals surface area (Å²) in [4.78, 5) is 39.8. The highest BCUT2D eigenvalue weighted by Gasteiger charge is 2.22. The van der Waals surface area contributed by atoms with Crippen LogP contribution in [0.2, 0.25) is 0 Å². The van der Waals surface area contributed by atoms with E-state index in [0.29, 0.717) is 51.2 Å². The highest BCUT2D eigenvalue weighted by atomic mass is 16.5. The third-order valence-electron chi connectivity index (χ3n) is 5.93. The Morgan fingerprint density at radius 2 is 1.85 bits per heavy atom. The molecular weight excluding hydrogens is 418 g/mol. The van der Waals surface area contributed by atoms with Crippen molar-refractivity contribution in [3.8, 4) is 5.75 Å². The third kappa shape index (κ3) is 7.93. The van der Waals surface area contributed by atoms with E-state index in [9.17, 15) is 14.4 Å². The fourth-order valence-electron chi connectivity index (χ4n) is 4.01. The van der Waals surface area contributed by atoms with E-state index in [-0.39, 0.29) is 36.5 Å². The lowest BCUT2D eigenvalue weighted by molar-refractivity contribution is -0.131. The number of hydrogen-bond acceptors (Lipinski definition) is 4. The predicted molar refractivity (Wildman–Crippen MR) is 127 cm³/mol. The predicted octanol–water partition coefficient (Wildman–Crippen LogP) is 2.69. The first kappa shape index (κ1) is 24.3. The molecule has 176 valence electrons. The van der Waals surface area contributed by atoms with Crippen LogP contribution in [0.3, 0.4) is 0 Å². The zero-order valence-electron chi connectivity index (χ0n) is 19.2. The Labute approximate surface area is 195 Å². The molecule has 1 saturated heterocycles. The van der Waals surface area contributed by atoms with Gasteiger partial charge in [-0.2, -0.15) is 0 Å². The number of nitrogens with one attached hydrogen (secondary N) is 2. The quantitative estimate of drug-likeness (QED) is 0.707. The van der Waals surface area contributed by atoms with Crippen LogP contribution in [-0.2, 0) is 27.3 Å². The van der Waals surface area contributed by atoms with Crippen molar-refractivity contribution in [1.82, 2.24) is 15.5 Å². The van der Waals surface area contributed by atoms with Gasteiger partial charge in [-0.15, -0.1) is 0 Å². The van der Waals surface area contributed by atoms with Crippen LogP contribution in [-0.4, -0.2) is 49.4 Å². The molecular formula is C26H33N3O4. The van der Waals surface area contributed by atoms with Crippen LogP contribution in [0.15, 0.2) is 54.6 Å². The second-order valence-electron chi connectivity index (χ2n) is 8.34. The first-order valence-electron chi connectivity index (χ1n) is 11.5. The maximum Gasteiger partial charge on any atom is 0.227 e. The van der Waals surface area contributed by atoms with Crippen molar-refractivity contribution in [3.05, 3.63) is 65.7 Å². The van der Waals surface area contributed by atoms with E-state index in [4.69, 9.17) is 4.74 Å². The molecule has 7 heteroatoms. The largest absolute Gasteiger partial charge is 0.497 e. The van der Waals surface area contributed by atoms with E-state index < -0.39 is 0 Å². The average molecular weight is 452 g/mol. The normalized spacial score (nSPS) is 17.4. The number of nitrogens with zero attached hydrogens (tertiary/aromatic N) is 1. The van der Waals surface area contributed by atoms with E-state index in [1.54, 1.807) is 12.0 Å². The summed E-state index contributed by atoms with van der Waals surface area (Å²) in [6, 6.07) is 17.2. The lowest BCUT2D eigenvalue weighted by Crippen LogP contribution is -2.36. The second-order valence-corrected chi connectivity index (χ2v) is 8.34. The minimum Gasteiger partial charge on any atom is -0.497 e. The van der Waals surface area contributed by atoms with Gasteiger partial charge in [-0.25, -0.2) is 0 Å². The van der Waals surface area contributed by atoms with E-state index >= 15 is 0 Å². The Bertz CT molecular complexity index is 932. The Hall–Kier alpha value is -3.35. The summed E-state index contributed by atoms with van der Waals surface area (Å²) >= 11 is 0. The number of hydrogen-bond donors (Lipinski definition) is 2. The second kappa shape index (κ2) is 12.6. The van der Waals surface area contributed by atoms with Crippen molar-refractivity contribution < 1.29 is 19.1 Å². The van der Waals surface area contributed by atoms with Gasteiger partial charge in [0.05, 0.1) is 13.5 Å². The van der Waals surface area contributed by atoms with Crippen molar-refractivity contribution in [2.24, 2.45) is 5.92 Å². The number of carbonyl (C=O) groups excluding carboxylic acids is 3. The van der Waals surface area contributed by atoms with Crippen molar-refractivity contribution in [3.63, 3.8) is 0 Å². The van der Waals surface area contributed by atoms with Crippen LogP contribution in [0.25, 0.3) is 0 Å². The minimum absolute atomic E-state index is 0.0124. The lowest BCUT2D eigenvalue weighted by Gasteiger charge is -2.23. The third-order valence-corrected chi connectivity index (χ3v) is 5.93. The maximum absolute atomic E-state index is 13.0. The summed E-state index contributed by atoms with van der Waals surface area (Å²) in [6.07, 6.45) is 2.47. The Morgan fingerprint density at radius 1 is 1.06 bits per heavy atom. The molecule has 2 aromatic rings. The molecule has 1 fully saturated rings. The van der Waals surface area contributed by atoms with Gasteiger partial charge in [0.2, 0.25) is 17.7 Å². The molecule has 1 aliphatic heterocycles. The zero-order chi connectivity index (χ0) is 23.5. The van der Waals surface area contributed by atoms with Crippen molar-refractivity contribution in [2.75, 3.05) is 26.7 Å². The Morgan fingerprint density at radius 3 is 2.64 bits per heavy atom. The summed E-state index contributed by atoms with van der Waals surface area (Å²) < 4.78 is 5.24. The number of methoxy groups -OCH3 is 1. The number of amides is 3. The van der Waals surface area contributed by atoms with Crippen molar-refractivity contribution in [2.45, 2.75) is 38.6 Å². The van der Waals surface area contributed by atoms with Crippen LogP contribution in [0, 0.1) is 5.92 Å². The molecule has 1 aliphatic rings. The summed E-state index contributed by atoms with van der Waals surface area (Å²) in [7, 11) is 1.60. The van der Waals surface area contributed by atoms with Crippen LogP contribution in [0.4, 0.5) is 0 Å². The topological polar surface area (TPSA) is 87.7 Å². The fourth-order valence-corrected chi connectivity index (χ4v) is 4.01. The van der Waals surface area contributed by atoms with Crippen LogP contribution in [0.5, 0.6) is 5.75 Å². The summed E-state index contributed by atoms with van der Waals surface area (Å²) in [5.41, 5.74) is 1.92. The van der Waals surface area contributed by atoms with Crippen LogP contribution in [0.1, 0.15) is 36.8 Å². The van der Waals surface area contributed by atoms with Gasteiger partial charge in [-0.05, 0) is 42.5 Å². The van der Waals surface area contributed by atoms with E-state index in [2.05, 4.69) is 10.6 Å². The van der Waals surface area contributed by atoms with Gasteiger partial charge >= 0.3 is 0 Å². The molecule has 3 amide bonds. The van der Waals surface area contributed by atoms with Gasteiger partial charge in [0.25, 0.3) is 0 Å². The highest BCUT2D eigenvalue weighted by molar-refractivity contribution is 5.81. The first-order chi connectivity index (χ1) is 16.0. The minimum atomic E-state index is -0.206. The molecule has 33 heavy (non-hydrogen) atoms. The molecule has 0 aliphatic carbocycles. The molecule has 1 atom stereocenters. The van der Waals surface area contributed by atoms with E-state index in [0.717, 1.165) is 11.1 Å². The van der Waals surface area contributed by atoms with Crippen molar-refractivity contribution >= 4 is 17.7 Å². The maximum atomic E-state index is 13.0. The summed E-state index contributed by atoms with van der Waals surface area (Å²) in [5.74, 6) is 0.366. The molecule has 3 rings (SSSR count). The molecule has 0 radical (unpaired) electrons. The van der Waals surface area contributed by atoms with Gasteiger partial charge < -0.3 is 20.3 Å². The molecule has 1 heterocycles. The Balaban J connectivity index is 1.58. The van der Waals surface area contributed by atoms with Gasteiger partial charge in [-0.3, -0.25) is 14.4 Å². The summed E-state index contributed by atoms with van der Waals surface area (Å²) in [6.45, 7) is 1.84. The molecule has 2 aromatic carbocycles. The zero-order valence-corrected chi connectivity index (χ0v) is 19.2. The van der Waals surface area contributed by atoms with Gasteiger partial charge in [0, 0.05) is 38.5 Å². The molecule has 0 aromatic heterocycles. The first-order valence-corrected chi connectivity index (χ1v) is 11.5. The molecule has 0 bridgehead atoms. The number of rotatable bonds is 6. The van der Waals surface area contributed by atoms with Crippen LogP contribution >= 0.6 is 0 Å². The molecule has 7 nitrogen and oxygen atoms in total. The number of benzene rings is 2. The average Bonchev–Trinajstić information content (AvgIpc) is 2.88. The molecule has 2 N–H and O–H groups in total. The van der Waals surface area contributed by atoms with E-state index in [1.807, 2.05) is 54.6 Å². The standard InChI is InChI=1S/C26H33N3O4/c1-33-23-11-5-9-21(17-23)18-25(31)29-15-6-10-22(12-14-27-24(30)13-16-29)26(32)28-19-20-7-3-2-4-8-20/h2-5,7-9,11,17,22H,6,10,12-16,18-19H2,1H3,(H,27,30)(H,28,32). The van der Waals surface area contributed by atoms with Gasteiger partial charge in [-0.1, -0.05) is 42.5 Å². The molecule has 0 saturated carbocycles.